The molecule has 1 heterocycles. The Kier molecular flexibility index (Phi) is 4.38. The molecular weight excluding hydrogens is 307 g/mol. The Balaban J connectivity index is 1.75. The number of benzene rings is 2. The summed E-state index contributed by atoms with van der Waals surface area (Å²) in [5.74, 6) is 0.851. The molecule has 4 heteroatoms. The van der Waals surface area contributed by atoms with Crippen molar-refractivity contribution in [3.63, 3.8) is 0 Å². The monoisotopic (exact) mass is 326 g/mol. The van der Waals surface area contributed by atoms with Gasteiger partial charge in [0.1, 0.15) is 5.82 Å². The Labute approximate surface area is 140 Å². The molecule has 0 aliphatic carbocycles. The van der Waals surface area contributed by atoms with Gasteiger partial charge in [-0.3, -0.25) is 4.79 Å². The fraction of sp³-hybridized carbons (Fsp3) is 0.250. The van der Waals surface area contributed by atoms with Crippen molar-refractivity contribution >= 4 is 11.9 Å². The van der Waals surface area contributed by atoms with Gasteiger partial charge >= 0.3 is 0 Å². The zero-order chi connectivity index (χ0) is 17.2. The molecule has 124 valence electrons. The number of allylic oxidation sites excluding steroid dienone is 1. The van der Waals surface area contributed by atoms with Crippen LogP contribution >= 0.6 is 0 Å². The van der Waals surface area contributed by atoms with Crippen molar-refractivity contribution in [2.24, 2.45) is 5.41 Å². The van der Waals surface area contributed by atoms with E-state index in [4.69, 9.17) is 9.47 Å². The van der Waals surface area contributed by atoms with Crippen molar-refractivity contribution in [1.82, 2.24) is 0 Å². The molecule has 0 aromatic heterocycles. The van der Waals surface area contributed by atoms with E-state index >= 15 is 0 Å². The number of carbonyl (C=O) groups is 1. The minimum atomic E-state index is -0.360. The van der Waals surface area contributed by atoms with E-state index in [9.17, 15) is 9.18 Å². The first-order valence-electron chi connectivity index (χ1n) is 7.81. The van der Waals surface area contributed by atoms with Crippen molar-refractivity contribution in [1.29, 1.82) is 0 Å². The van der Waals surface area contributed by atoms with Gasteiger partial charge in [-0.15, -0.1) is 0 Å². The van der Waals surface area contributed by atoms with Gasteiger partial charge in [-0.1, -0.05) is 26.0 Å². The quantitative estimate of drug-likeness (QED) is 0.614. The van der Waals surface area contributed by atoms with Crippen LogP contribution < -0.4 is 9.47 Å². The molecule has 2 aromatic rings. The molecular formula is C20H19FO3. The SMILES string of the molecule is CC1(C)COc2ccc(/C=C/C(=O)c3ccc(F)cc3)cc2OC1. The molecule has 0 unspecified atom stereocenters. The molecule has 0 saturated heterocycles. The summed E-state index contributed by atoms with van der Waals surface area (Å²) in [7, 11) is 0. The molecule has 24 heavy (non-hydrogen) atoms. The van der Waals surface area contributed by atoms with Crippen molar-refractivity contribution in [3.05, 3.63) is 65.5 Å². The highest BCUT2D eigenvalue weighted by Gasteiger charge is 2.25. The maximum absolute atomic E-state index is 12.9. The zero-order valence-electron chi connectivity index (χ0n) is 13.7. The van der Waals surface area contributed by atoms with Crippen LogP contribution in [0.2, 0.25) is 0 Å². The molecule has 1 aliphatic rings. The number of carbonyl (C=O) groups excluding carboxylic acids is 1. The fourth-order valence-electron chi connectivity index (χ4n) is 2.33. The first-order valence-corrected chi connectivity index (χ1v) is 7.81. The topological polar surface area (TPSA) is 35.5 Å². The average molecular weight is 326 g/mol. The van der Waals surface area contributed by atoms with E-state index in [1.54, 1.807) is 6.08 Å². The van der Waals surface area contributed by atoms with Gasteiger partial charge in [0.25, 0.3) is 0 Å². The third kappa shape index (κ3) is 3.82. The summed E-state index contributed by atoms with van der Waals surface area (Å²) in [6.45, 7) is 5.34. The maximum atomic E-state index is 12.9. The third-order valence-electron chi connectivity index (χ3n) is 3.76. The predicted octanol–water partition coefficient (Wildman–Crippen LogP) is 4.52. The molecule has 0 N–H and O–H groups in total. The van der Waals surface area contributed by atoms with Crippen LogP contribution in [0.25, 0.3) is 6.08 Å². The van der Waals surface area contributed by atoms with Crippen molar-refractivity contribution in [3.8, 4) is 11.5 Å². The number of ketones is 1. The lowest BCUT2D eigenvalue weighted by atomic mass is 9.97. The molecule has 0 amide bonds. The number of hydrogen-bond donors (Lipinski definition) is 0. The Hall–Kier alpha value is -2.62. The molecule has 0 atom stereocenters. The third-order valence-corrected chi connectivity index (χ3v) is 3.76. The Morgan fingerprint density at radius 1 is 1.04 bits per heavy atom. The van der Waals surface area contributed by atoms with Gasteiger partial charge in [0, 0.05) is 11.0 Å². The summed E-state index contributed by atoms with van der Waals surface area (Å²) in [6, 6.07) is 11.1. The standard InChI is InChI=1S/C20H19FO3/c1-20(2)12-23-18-10-4-14(11-19(18)24-13-20)3-9-17(22)15-5-7-16(21)8-6-15/h3-11H,12-13H2,1-2H3/b9-3+. The number of fused-ring (bicyclic) bond motifs is 1. The molecule has 2 aromatic carbocycles. The smallest absolute Gasteiger partial charge is 0.185 e. The average Bonchev–Trinajstić information content (AvgIpc) is 2.72. The van der Waals surface area contributed by atoms with Gasteiger partial charge in [0.2, 0.25) is 0 Å². The van der Waals surface area contributed by atoms with Crippen LogP contribution in [-0.2, 0) is 0 Å². The highest BCUT2D eigenvalue weighted by molar-refractivity contribution is 6.06. The van der Waals surface area contributed by atoms with Gasteiger partial charge in [-0.05, 0) is 48.0 Å². The Morgan fingerprint density at radius 2 is 1.71 bits per heavy atom. The molecule has 1 aliphatic heterocycles. The van der Waals surface area contributed by atoms with E-state index in [1.807, 2.05) is 18.2 Å². The van der Waals surface area contributed by atoms with Crippen LogP contribution in [0.1, 0.15) is 29.8 Å². The predicted molar refractivity (Wildman–Crippen MR) is 91.0 cm³/mol. The van der Waals surface area contributed by atoms with Gasteiger partial charge in [0.15, 0.2) is 17.3 Å². The molecule has 3 nitrogen and oxygen atoms in total. The summed E-state index contributed by atoms with van der Waals surface area (Å²) in [5, 5.41) is 0. The van der Waals surface area contributed by atoms with E-state index in [0.29, 0.717) is 30.3 Å². The van der Waals surface area contributed by atoms with Gasteiger partial charge in [-0.2, -0.15) is 0 Å². The molecule has 0 saturated carbocycles. The van der Waals surface area contributed by atoms with Crippen LogP contribution in [0.15, 0.2) is 48.5 Å². The van der Waals surface area contributed by atoms with Crippen LogP contribution in [-0.4, -0.2) is 19.0 Å². The summed E-state index contributed by atoms with van der Waals surface area (Å²) in [6.07, 6.45) is 3.18. The lowest BCUT2D eigenvalue weighted by Gasteiger charge is -2.19. The molecule has 0 spiro atoms. The summed E-state index contributed by atoms with van der Waals surface area (Å²) >= 11 is 0. The Morgan fingerprint density at radius 3 is 2.42 bits per heavy atom. The fourth-order valence-corrected chi connectivity index (χ4v) is 2.33. The number of ether oxygens (including phenoxy) is 2. The van der Waals surface area contributed by atoms with E-state index in [2.05, 4.69) is 13.8 Å². The van der Waals surface area contributed by atoms with Gasteiger partial charge in [0.05, 0.1) is 13.2 Å². The van der Waals surface area contributed by atoms with E-state index in [0.717, 1.165) is 5.56 Å². The lowest BCUT2D eigenvalue weighted by Crippen LogP contribution is -2.26. The minimum Gasteiger partial charge on any atom is -0.489 e. The van der Waals surface area contributed by atoms with Crippen molar-refractivity contribution < 1.29 is 18.7 Å². The number of rotatable bonds is 3. The van der Waals surface area contributed by atoms with Gasteiger partial charge < -0.3 is 9.47 Å². The highest BCUT2D eigenvalue weighted by atomic mass is 19.1. The Bertz CT molecular complexity index is 776. The van der Waals surface area contributed by atoms with Crippen molar-refractivity contribution in [2.45, 2.75) is 13.8 Å². The van der Waals surface area contributed by atoms with Crippen LogP contribution in [0, 0.1) is 11.2 Å². The maximum Gasteiger partial charge on any atom is 0.185 e. The number of hydrogen-bond acceptors (Lipinski definition) is 3. The molecule has 0 fully saturated rings. The van der Waals surface area contributed by atoms with E-state index in [-0.39, 0.29) is 17.0 Å². The molecule has 3 rings (SSSR count). The van der Waals surface area contributed by atoms with Crippen molar-refractivity contribution in [2.75, 3.05) is 13.2 Å². The first-order chi connectivity index (χ1) is 11.4. The van der Waals surface area contributed by atoms with E-state index < -0.39 is 0 Å². The molecule has 0 radical (unpaired) electrons. The van der Waals surface area contributed by atoms with Crippen LogP contribution in [0.4, 0.5) is 4.39 Å². The summed E-state index contributed by atoms with van der Waals surface area (Å²) in [4.78, 5) is 12.1. The highest BCUT2D eigenvalue weighted by Crippen LogP contribution is 2.34. The van der Waals surface area contributed by atoms with E-state index in [1.165, 1.54) is 30.3 Å². The zero-order valence-corrected chi connectivity index (χ0v) is 13.7. The largest absolute Gasteiger partial charge is 0.489 e. The molecule has 0 bridgehead atoms. The first kappa shape index (κ1) is 16.2. The number of halogens is 1. The van der Waals surface area contributed by atoms with Gasteiger partial charge in [-0.25, -0.2) is 4.39 Å². The second-order valence-electron chi connectivity index (χ2n) is 6.65. The second-order valence-corrected chi connectivity index (χ2v) is 6.65. The summed E-state index contributed by atoms with van der Waals surface area (Å²) < 4.78 is 24.5. The summed E-state index contributed by atoms with van der Waals surface area (Å²) in [5.41, 5.74) is 1.24. The van der Waals surface area contributed by atoms with Crippen LogP contribution in [0.3, 0.4) is 0 Å². The second kappa shape index (κ2) is 6.48. The lowest BCUT2D eigenvalue weighted by molar-refractivity contribution is 0.104. The normalized spacial score (nSPS) is 16.0. The van der Waals surface area contributed by atoms with Crippen LogP contribution in [0.5, 0.6) is 11.5 Å². The minimum absolute atomic E-state index is 0.0480.